The fourth-order valence-corrected chi connectivity index (χ4v) is 3.29. The van der Waals surface area contributed by atoms with Gasteiger partial charge < -0.3 is 0 Å². The van der Waals surface area contributed by atoms with Crippen LogP contribution >= 0.6 is 11.3 Å². The summed E-state index contributed by atoms with van der Waals surface area (Å²) in [5, 5.41) is 13.8. The first-order valence-corrected chi connectivity index (χ1v) is 8.12. The molecule has 0 bridgehead atoms. The van der Waals surface area contributed by atoms with Crippen LogP contribution in [0.15, 0.2) is 54.6 Å². The average Bonchev–Trinajstić information content (AvgIpc) is 3.15. The molecule has 0 aliphatic carbocycles. The molecule has 0 saturated heterocycles. The van der Waals surface area contributed by atoms with Gasteiger partial charge in [0.05, 0.1) is 0 Å². The highest BCUT2D eigenvalue weighted by molar-refractivity contribution is 7.19. The Hall–Kier alpha value is -2.60. The molecule has 0 saturated carbocycles. The predicted molar refractivity (Wildman–Crippen MR) is 87.9 cm³/mol. The molecule has 0 amide bonds. The van der Waals surface area contributed by atoms with Crippen molar-refractivity contribution >= 4 is 16.3 Å². The van der Waals surface area contributed by atoms with E-state index in [4.69, 9.17) is 0 Å². The van der Waals surface area contributed by atoms with Gasteiger partial charge in [0.1, 0.15) is 10.8 Å². The van der Waals surface area contributed by atoms with Crippen LogP contribution < -0.4 is 0 Å². The molecule has 0 unspecified atom stereocenters. The first kappa shape index (κ1) is 14.0. The number of fused-ring (bicyclic) bond motifs is 1. The van der Waals surface area contributed by atoms with Gasteiger partial charge in [-0.2, -0.15) is 9.61 Å². The van der Waals surface area contributed by atoms with E-state index in [0.717, 1.165) is 34.2 Å². The van der Waals surface area contributed by atoms with Crippen molar-refractivity contribution in [2.24, 2.45) is 0 Å². The number of hydrogen-bond acceptors (Lipinski definition) is 4. The minimum Gasteiger partial charge on any atom is -0.207 e. The van der Waals surface area contributed by atoms with Gasteiger partial charge >= 0.3 is 0 Å². The molecule has 6 heteroatoms. The van der Waals surface area contributed by atoms with Crippen molar-refractivity contribution in [3.05, 3.63) is 71.8 Å². The third-order valence-corrected chi connectivity index (χ3v) is 4.57. The molecule has 2 heterocycles. The molecule has 2 aromatic carbocycles. The zero-order valence-corrected chi connectivity index (χ0v) is 13.0. The maximum absolute atomic E-state index is 13.0. The number of aryl methyl sites for hydroxylation is 2. The van der Waals surface area contributed by atoms with Crippen molar-refractivity contribution in [1.29, 1.82) is 0 Å². The lowest BCUT2D eigenvalue weighted by molar-refractivity contribution is 0.628. The Kier molecular flexibility index (Phi) is 3.59. The first-order chi connectivity index (χ1) is 11.3. The van der Waals surface area contributed by atoms with E-state index in [9.17, 15) is 4.39 Å². The van der Waals surface area contributed by atoms with Crippen LogP contribution in [-0.2, 0) is 12.8 Å². The van der Waals surface area contributed by atoms with Gasteiger partial charge in [0.25, 0.3) is 0 Å². The van der Waals surface area contributed by atoms with Crippen molar-refractivity contribution in [3.63, 3.8) is 0 Å². The Morgan fingerprint density at radius 3 is 2.48 bits per heavy atom. The summed E-state index contributed by atoms with van der Waals surface area (Å²) in [6.45, 7) is 0. The van der Waals surface area contributed by atoms with E-state index in [0.29, 0.717) is 0 Å². The summed E-state index contributed by atoms with van der Waals surface area (Å²) >= 11 is 1.45. The fraction of sp³-hybridized carbons (Fsp3) is 0.118. The van der Waals surface area contributed by atoms with Crippen molar-refractivity contribution in [3.8, 4) is 10.6 Å². The van der Waals surface area contributed by atoms with Crippen LogP contribution in [0, 0.1) is 5.82 Å². The second kappa shape index (κ2) is 5.89. The summed E-state index contributed by atoms with van der Waals surface area (Å²) in [6.07, 6.45) is 1.67. The molecular formula is C17H13FN4S. The monoisotopic (exact) mass is 324 g/mol. The number of hydrogen-bond donors (Lipinski definition) is 0. The van der Waals surface area contributed by atoms with Crippen LogP contribution in [0.2, 0.25) is 0 Å². The SMILES string of the molecule is Fc1ccc(-c2nn3c(CCc4ccccc4)nnc3s2)cc1. The molecule has 0 aliphatic heterocycles. The standard InChI is InChI=1S/C17H13FN4S/c18-14-9-7-13(8-10-14)16-21-22-15(19-20-17(22)23-16)11-6-12-4-2-1-3-5-12/h1-5,7-10H,6,11H2. The first-order valence-electron chi connectivity index (χ1n) is 7.30. The second-order valence-corrected chi connectivity index (χ2v) is 6.17. The minimum atomic E-state index is -0.250. The highest BCUT2D eigenvalue weighted by atomic mass is 32.1. The topological polar surface area (TPSA) is 43.1 Å². The maximum atomic E-state index is 13.0. The molecule has 0 N–H and O–H groups in total. The molecular weight excluding hydrogens is 311 g/mol. The van der Waals surface area contributed by atoms with E-state index in [2.05, 4.69) is 27.4 Å². The van der Waals surface area contributed by atoms with E-state index in [1.165, 1.54) is 29.0 Å². The Labute approximate surface area is 136 Å². The third kappa shape index (κ3) is 2.85. The molecule has 0 spiro atoms. The number of rotatable bonds is 4. The largest absolute Gasteiger partial charge is 0.234 e. The van der Waals surface area contributed by atoms with Crippen LogP contribution in [0.3, 0.4) is 0 Å². The lowest BCUT2D eigenvalue weighted by Crippen LogP contribution is -1.99. The van der Waals surface area contributed by atoms with Crippen LogP contribution in [0.1, 0.15) is 11.4 Å². The van der Waals surface area contributed by atoms with Crippen molar-refractivity contribution in [1.82, 2.24) is 19.8 Å². The predicted octanol–water partition coefficient (Wildman–Crippen LogP) is 3.78. The molecule has 0 atom stereocenters. The molecule has 4 rings (SSSR count). The molecule has 0 fully saturated rings. The smallest absolute Gasteiger partial charge is 0.207 e. The molecule has 0 radical (unpaired) electrons. The maximum Gasteiger partial charge on any atom is 0.234 e. The van der Waals surface area contributed by atoms with E-state index < -0.39 is 0 Å². The summed E-state index contributed by atoms with van der Waals surface area (Å²) in [7, 11) is 0. The molecule has 4 nitrogen and oxygen atoms in total. The summed E-state index contributed by atoms with van der Waals surface area (Å²) in [5.74, 6) is 0.591. The van der Waals surface area contributed by atoms with Crippen molar-refractivity contribution in [2.45, 2.75) is 12.8 Å². The van der Waals surface area contributed by atoms with Gasteiger partial charge in [0, 0.05) is 12.0 Å². The third-order valence-electron chi connectivity index (χ3n) is 3.63. The average molecular weight is 324 g/mol. The van der Waals surface area contributed by atoms with E-state index in [1.807, 2.05) is 18.2 Å². The summed E-state index contributed by atoms with van der Waals surface area (Å²) < 4.78 is 14.8. The van der Waals surface area contributed by atoms with Gasteiger partial charge in [-0.05, 0) is 36.2 Å². The van der Waals surface area contributed by atoms with E-state index in [-0.39, 0.29) is 5.82 Å². The molecule has 23 heavy (non-hydrogen) atoms. The van der Waals surface area contributed by atoms with Crippen LogP contribution in [-0.4, -0.2) is 19.8 Å². The van der Waals surface area contributed by atoms with Crippen LogP contribution in [0.4, 0.5) is 4.39 Å². The van der Waals surface area contributed by atoms with E-state index >= 15 is 0 Å². The molecule has 0 aliphatic rings. The van der Waals surface area contributed by atoms with Gasteiger partial charge in [-0.3, -0.25) is 0 Å². The minimum absolute atomic E-state index is 0.250. The van der Waals surface area contributed by atoms with Crippen LogP contribution in [0.25, 0.3) is 15.5 Å². The van der Waals surface area contributed by atoms with Crippen molar-refractivity contribution in [2.75, 3.05) is 0 Å². The molecule has 4 aromatic rings. The van der Waals surface area contributed by atoms with Gasteiger partial charge in [-0.1, -0.05) is 41.7 Å². The summed E-state index contributed by atoms with van der Waals surface area (Å²) in [6, 6.07) is 16.6. The Morgan fingerprint density at radius 1 is 0.913 bits per heavy atom. The highest BCUT2D eigenvalue weighted by Gasteiger charge is 2.13. The summed E-state index contributed by atoms with van der Waals surface area (Å²) in [4.78, 5) is 0.757. The number of benzene rings is 2. The Bertz CT molecular complexity index is 928. The Morgan fingerprint density at radius 2 is 1.70 bits per heavy atom. The lowest BCUT2D eigenvalue weighted by Gasteiger charge is -1.99. The van der Waals surface area contributed by atoms with Gasteiger partial charge in [0.2, 0.25) is 4.96 Å². The summed E-state index contributed by atoms with van der Waals surface area (Å²) in [5.41, 5.74) is 2.15. The lowest BCUT2D eigenvalue weighted by atomic mass is 10.1. The zero-order valence-electron chi connectivity index (χ0n) is 12.2. The quantitative estimate of drug-likeness (QED) is 0.574. The molecule has 2 aromatic heterocycles. The van der Waals surface area contributed by atoms with Gasteiger partial charge in [-0.15, -0.1) is 10.2 Å². The number of nitrogens with zero attached hydrogens (tertiary/aromatic N) is 4. The van der Waals surface area contributed by atoms with Gasteiger partial charge in [0.15, 0.2) is 5.82 Å². The van der Waals surface area contributed by atoms with Gasteiger partial charge in [-0.25, -0.2) is 4.39 Å². The highest BCUT2D eigenvalue weighted by Crippen LogP contribution is 2.25. The fourth-order valence-electron chi connectivity index (χ4n) is 2.42. The normalized spacial score (nSPS) is 11.2. The van der Waals surface area contributed by atoms with Crippen LogP contribution in [0.5, 0.6) is 0 Å². The molecule has 114 valence electrons. The second-order valence-electron chi connectivity index (χ2n) is 5.21. The zero-order chi connectivity index (χ0) is 15.6. The van der Waals surface area contributed by atoms with E-state index in [1.54, 1.807) is 16.6 Å². The number of aromatic nitrogens is 4. The van der Waals surface area contributed by atoms with Crippen molar-refractivity contribution < 1.29 is 4.39 Å². The number of halogens is 1. The Balaban J connectivity index is 1.60.